The molecule has 2 fully saturated rings. The Kier molecular flexibility index (Phi) is 6.55. The molecule has 0 aromatic heterocycles. The molecule has 0 saturated carbocycles. The van der Waals surface area contributed by atoms with Gasteiger partial charge in [-0.15, -0.1) is 0 Å². The van der Waals surface area contributed by atoms with Gasteiger partial charge in [-0.2, -0.15) is 5.26 Å². The number of hydrogen-bond acceptors (Lipinski definition) is 6. The molecule has 0 spiro atoms. The summed E-state index contributed by atoms with van der Waals surface area (Å²) in [5, 5.41) is 20.3. The van der Waals surface area contributed by atoms with Gasteiger partial charge in [-0.25, -0.2) is 0 Å². The second kappa shape index (κ2) is 9.69. The number of amides is 1. The van der Waals surface area contributed by atoms with Crippen molar-refractivity contribution < 1.29 is 9.72 Å². The van der Waals surface area contributed by atoms with E-state index in [0.29, 0.717) is 43.7 Å². The fourth-order valence-corrected chi connectivity index (χ4v) is 4.65. The third-order valence-electron chi connectivity index (χ3n) is 6.43. The van der Waals surface area contributed by atoms with Gasteiger partial charge < -0.3 is 14.7 Å². The lowest BCUT2D eigenvalue weighted by atomic mass is 9.94. The molecule has 32 heavy (non-hydrogen) atoms. The van der Waals surface area contributed by atoms with E-state index in [0.717, 1.165) is 31.7 Å². The van der Waals surface area contributed by atoms with Crippen LogP contribution in [0.1, 0.15) is 24.8 Å². The molecule has 2 aliphatic rings. The van der Waals surface area contributed by atoms with Crippen molar-refractivity contribution >= 4 is 23.0 Å². The first kappa shape index (κ1) is 21.6. The van der Waals surface area contributed by atoms with Crippen molar-refractivity contribution in [3.05, 3.63) is 64.2 Å². The maximum atomic E-state index is 13.2. The minimum absolute atomic E-state index is 0.0320. The van der Waals surface area contributed by atoms with E-state index in [9.17, 15) is 14.9 Å². The van der Waals surface area contributed by atoms with Crippen LogP contribution in [-0.2, 0) is 4.79 Å². The van der Waals surface area contributed by atoms with Crippen molar-refractivity contribution in [3.63, 3.8) is 0 Å². The van der Waals surface area contributed by atoms with E-state index < -0.39 is 0 Å². The van der Waals surface area contributed by atoms with Gasteiger partial charge in [0.15, 0.2) is 0 Å². The number of nitrogens with zero attached hydrogens (tertiary/aromatic N) is 5. The highest BCUT2D eigenvalue weighted by Crippen LogP contribution is 2.31. The number of nitro benzene ring substituents is 1. The number of hydrogen-bond donors (Lipinski definition) is 0. The number of anilines is 2. The van der Waals surface area contributed by atoms with Crippen LogP contribution in [0, 0.1) is 27.4 Å². The largest absolute Gasteiger partial charge is 0.370 e. The summed E-state index contributed by atoms with van der Waals surface area (Å²) in [4.78, 5) is 30.5. The Morgan fingerprint density at radius 2 is 1.66 bits per heavy atom. The molecule has 0 bridgehead atoms. The Hall–Kier alpha value is -3.60. The summed E-state index contributed by atoms with van der Waals surface area (Å²) in [6.07, 6.45) is 2.32. The third kappa shape index (κ3) is 4.67. The maximum Gasteiger partial charge on any atom is 0.292 e. The molecule has 0 atom stereocenters. The maximum absolute atomic E-state index is 13.2. The average Bonchev–Trinajstić information content (AvgIpc) is 3.10. The van der Waals surface area contributed by atoms with Crippen molar-refractivity contribution in [1.29, 1.82) is 5.26 Å². The molecule has 0 unspecified atom stereocenters. The molecular formula is C24H27N5O3. The zero-order valence-electron chi connectivity index (χ0n) is 18.0. The molecule has 2 heterocycles. The van der Waals surface area contributed by atoms with E-state index in [4.69, 9.17) is 5.26 Å². The van der Waals surface area contributed by atoms with Crippen LogP contribution >= 0.6 is 0 Å². The SMILES string of the molecule is N#Cc1ccc(N2CCCN(C(=O)C3CCN(c4ccccc4[N+](=O)[O-])CC3)CC2)cc1. The monoisotopic (exact) mass is 433 g/mol. The molecule has 2 aromatic carbocycles. The van der Waals surface area contributed by atoms with Crippen LogP contribution in [0.2, 0.25) is 0 Å². The summed E-state index contributed by atoms with van der Waals surface area (Å²) in [5.41, 5.74) is 2.48. The number of carbonyl (C=O) groups is 1. The molecule has 166 valence electrons. The number of nitriles is 1. The smallest absolute Gasteiger partial charge is 0.292 e. The molecule has 0 radical (unpaired) electrons. The first-order valence-electron chi connectivity index (χ1n) is 11.1. The van der Waals surface area contributed by atoms with Gasteiger partial charge in [-0.05, 0) is 49.6 Å². The fraction of sp³-hybridized carbons (Fsp3) is 0.417. The van der Waals surface area contributed by atoms with Crippen LogP contribution in [-0.4, -0.2) is 55.0 Å². The number of nitro groups is 1. The Balaban J connectivity index is 1.33. The van der Waals surface area contributed by atoms with E-state index in [1.165, 1.54) is 6.07 Å². The average molecular weight is 434 g/mol. The first-order chi connectivity index (χ1) is 15.6. The quantitative estimate of drug-likeness (QED) is 0.542. The van der Waals surface area contributed by atoms with Gasteiger partial charge in [0.25, 0.3) is 5.69 Å². The Morgan fingerprint density at radius 1 is 0.938 bits per heavy atom. The predicted octanol–water partition coefficient (Wildman–Crippen LogP) is 3.42. The summed E-state index contributed by atoms with van der Waals surface area (Å²) >= 11 is 0. The number of rotatable bonds is 4. The summed E-state index contributed by atoms with van der Waals surface area (Å²) < 4.78 is 0. The molecule has 2 aromatic rings. The predicted molar refractivity (Wildman–Crippen MR) is 123 cm³/mol. The molecule has 0 N–H and O–H groups in total. The van der Waals surface area contributed by atoms with Crippen LogP contribution in [0.5, 0.6) is 0 Å². The van der Waals surface area contributed by atoms with Crippen molar-refractivity contribution in [1.82, 2.24) is 4.90 Å². The molecule has 8 heteroatoms. The van der Waals surface area contributed by atoms with Gasteiger partial charge in [-0.1, -0.05) is 12.1 Å². The van der Waals surface area contributed by atoms with E-state index in [1.54, 1.807) is 12.1 Å². The summed E-state index contributed by atoms with van der Waals surface area (Å²) in [6, 6.07) is 16.5. The van der Waals surface area contributed by atoms with E-state index in [1.807, 2.05) is 40.1 Å². The number of piperidine rings is 1. The number of para-hydroxylation sites is 2. The topological polar surface area (TPSA) is 93.7 Å². The van der Waals surface area contributed by atoms with Gasteiger partial charge in [0.05, 0.1) is 16.6 Å². The van der Waals surface area contributed by atoms with Gasteiger partial charge in [0, 0.05) is 56.9 Å². The fourth-order valence-electron chi connectivity index (χ4n) is 4.65. The third-order valence-corrected chi connectivity index (χ3v) is 6.43. The van der Waals surface area contributed by atoms with Crippen molar-refractivity contribution in [3.8, 4) is 6.07 Å². The molecule has 0 aliphatic carbocycles. The Morgan fingerprint density at radius 3 is 2.34 bits per heavy atom. The number of carbonyl (C=O) groups excluding carboxylic acids is 1. The van der Waals surface area contributed by atoms with E-state index in [-0.39, 0.29) is 22.4 Å². The van der Waals surface area contributed by atoms with Crippen LogP contribution in [0.4, 0.5) is 17.1 Å². The Labute approximate surface area is 187 Å². The zero-order valence-corrected chi connectivity index (χ0v) is 18.0. The minimum atomic E-state index is -0.344. The lowest BCUT2D eigenvalue weighted by Crippen LogP contribution is -2.44. The summed E-state index contributed by atoms with van der Waals surface area (Å²) in [7, 11) is 0. The molecular weight excluding hydrogens is 406 g/mol. The molecule has 4 rings (SSSR count). The summed E-state index contributed by atoms with van der Waals surface area (Å²) in [6.45, 7) is 4.37. The van der Waals surface area contributed by atoms with Gasteiger partial charge in [0.2, 0.25) is 5.91 Å². The van der Waals surface area contributed by atoms with Crippen molar-refractivity contribution in [2.75, 3.05) is 49.1 Å². The van der Waals surface area contributed by atoms with Crippen LogP contribution < -0.4 is 9.80 Å². The highest BCUT2D eigenvalue weighted by Gasteiger charge is 2.31. The molecule has 2 aliphatic heterocycles. The molecule has 8 nitrogen and oxygen atoms in total. The summed E-state index contributed by atoms with van der Waals surface area (Å²) in [5.74, 6) is 0.171. The van der Waals surface area contributed by atoms with Gasteiger partial charge in [0.1, 0.15) is 5.69 Å². The zero-order chi connectivity index (χ0) is 22.5. The van der Waals surface area contributed by atoms with Crippen LogP contribution in [0.15, 0.2) is 48.5 Å². The Bertz CT molecular complexity index is 1010. The second-order valence-corrected chi connectivity index (χ2v) is 8.33. The first-order valence-corrected chi connectivity index (χ1v) is 11.1. The highest BCUT2D eigenvalue weighted by atomic mass is 16.6. The van der Waals surface area contributed by atoms with Crippen molar-refractivity contribution in [2.45, 2.75) is 19.3 Å². The van der Waals surface area contributed by atoms with E-state index in [2.05, 4.69) is 11.0 Å². The second-order valence-electron chi connectivity index (χ2n) is 8.33. The lowest BCUT2D eigenvalue weighted by molar-refractivity contribution is -0.384. The van der Waals surface area contributed by atoms with Crippen molar-refractivity contribution in [2.24, 2.45) is 5.92 Å². The minimum Gasteiger partial charge on any atom is -0.370 e. The van der Waals surface area contributed by atoms with Crippen LogP contribution in [0.3, 0.4) is 0 Å². The normalized spacial score (nSPS) is 17.5. The standard InChI is InChI=1S/C24H27N5O3/c25-18-19-6-8-21(9-7-19)26-12-3-13-28(17-16-26)24(30)20-10-14-27(15-11-20)22-4-1-2-5-23(22)29(31)32/h1-2,4-9,20H,3,10-17H2. The van der Waals surface area contributed by atoms with Gasteiger partial charge >= 0.3 is 0 Å². The number of benzene rings is 2. The molecule has 1 amide bonds. The lowest BCUT2D eigenvalue weighted by Gasteiger charge is -2.35. The van der Waals surface area contributed by atoms with Gasteiger partial charge in [-0.3, -0.25) is 14.9 Å². The molecule has 2 saturated heterocycles. The van der Waals surface area contributed by atoms with E-state index >= 15 is 0 Å². The highest BCUT2D eigenvalue weighted by molar-refractivity contribution is 5.79. The van der Waals surface area contributed by atoms with Crippen LogP contribution in [0.25, 0.3) is 0 Å².